The molecule has 240 valence electrons. The van der Waals surface area contributed by atoms with Crippen LogP contribution in [0.15, 0.2) is 48.5 Å². The molecule has 44 heavy (non-hydrogen) atoms. The average Bonchev–Trinajstić information content (AvgIpc) is 2.95. The van der Waals surface area contributed by atoms with Crippen LogP contribution in [0.5, 0.6) is 5.75 Å². The fraction of sp³-hybridized carbons (Fsp3) is 0.433. The van der Waals surface area contributed by atoms with Crippen molar-refractivity contribution in [1.29, 1.82) is 0 Å². The molecule has 0 bridgehead atoms. The highest BCUT2D eigenvalue weighted by atomic mass is 35.5. The van der Waals surface area contributed by atoms with Crippen molar-refractivity contribution in [1.82, 2.24) is 5.32 Å². The Morgan fingerprint density at radius 3 is 2.07 bits per heavy atom. The van der Waals surface area contributed by atoms with Gasteiger partial charge in [-0.1, -0.05) is 49.7 Å². The van der Waals surface area contributed by atoms with Crippen LogP contribution in [0.2, 0.25) is 5.02 Å². The minimum Gasteiger partial charge on any atom is -0.497 e. The third-order valence-electron chi connectivity index (χ3n) is 6.98. The molecule has 0 aliphatic carbocycles. The molecule has 14 heteroatoms. The molecule has 2 aromatic carbocycles. The van der Waals surface area contributed by atoms with Gasteiger partial charge in [0.1, 0.15) is 11.8 Å². The second-order valence-corrected chi connectivity index (χ2v) is 10.9. The molecule has 2 aromatic rings. The van der Waals surface area contributed by atoms with Gasteiger partial charge >= 0.3 is 12.1 Å². The fourth-order valence-corrected chi connectivity index (χ4v) is 4.61. The monoisotopic (exact) mass is 646 g/mol. The van der Waals surface area contributed by atoms with E-state index in [-0.39, 0.29) is 10.6 Å². The zero-order valence-corrected chi connectivity index (χ0v) is 24.8. The van der Waals surface area contributed by atoms with Crippen LogP contribution < -0.4 is 15.8 Å². The van der Waals surface area contributed by atoms with Crippen molar-refractivity contribution in [3.8, 4) is 5.75 Å². The summed E-state index contributed by atoms with van der Waals surface area (Å²) in [6, 6.07) is 8.22. The summed E-state index contributed by atoms with van der Waals surface area (Å²) in [5.74, 6) is -14.8. The smallest absolute Gasteiger partial charge is 0.450 e. The van der Waals surface area contributed by atoms with Gasteiger partial charge in [-0.25, -0.2) is 0 Å². The number of ketones is 3. The SMILES string of the molecule is COc1ccc([C@H](NC(=O)[C@H](CCC(N)=O)CC(=O)C(F)(F)c2cccc(Cl)c2)C(=O)C[C@H](C(=O)C(F)(F)F)C(C)C)cc1. The molecule has 0 radical (unpaired) electrons. The summed E-state index contributed by atoms with van der Waals surface area (Å²) in [6.45, 7) is 2.66. The number of carbonyl (C=O) groups is 5. The van der Waals surface area contributed by atoms with E-state index >= 15 is 8.78 Å². The largest absolute Gasteiger partial charge is 0.497 e. The Hall–Kier alpha value is -3.87. The number of rotatable bonds is 16. The number of nitrogens with one attached hydrogen (secondary N) is 1. The van der Waals surface area contributed by atoms with Crippen molar-refractivity contribution in [2.24, 2.45) is 23.5 Å². The minimum absolute atomic E-state index is 0.0671. The fourth-order valence-electron chi connectivity index (χ4n) is 4.42. The highest BCUT2D eigenvalue weighted by Gasteiger charge is 2.46. The molecule has 0 unspecified atom stereocenters. The van der Waals surface area contributed by atoms with Crippen LogP contribution in [0, 0.1) is 17.8 Å². The number of ether oxygens (including phenoxy) is 1. The molecular weight excluding hydrogens is 615 g/mol. The molecule has 0 saturated heterocycles. The predicted molar refractivity (Wildman–Crippen MR) is 150 cm³/mol. The van der Waals surface area contributed by atoms with Gasteiger partial charge in [-0.05, 0) is 42.2 Å². The second-order valence-electron chi connectivity index (χ2n) is 10.5. The lowest BCUT2D eigenvalue weighted by Gasteiger charge is -2.26. The van der Waals surface area contributed by atoms with E-state index in [1.165, 1.54) is 57.4 Å². The number of nitrogens with two attached hydrogens (primary N) is 1. The number of alkyl halides is 5. The molecular formula is C30H32ClF5N2O6. The van der Waals surface area contributed by atoms with E-state index in [9.17, 15) is 37.1 Å². The molecule has 8 nitrogen and oxygen atoms in total. The number of halogens is 6. The van der Waals surface area contributed by atoms with E-state index in [1.807, 2.05) is 0 Å². The van der Waals surface area contributed by atoms with Gasteiger partial charge < -0.3 is 15.8 Å². The van der Waals surface area contributed by atoms with Crippen molar-refractivity contribution in [3.63, 3.8) is 0 Å². The molecule has 0 aromatic heterocycles. The normalized spacial score (nSPS) is 14.0. The van der Waals surface area contributed by atoms with Crippen molar-refractivity contribution in [3.05, 3.63) is 64.7 Å². The van der Waals surface area contributed by atoms with E-state index in [0.717, 1.165) is 12.1 Å². The lowest BCUT2D eigenvalue weighted by atomic mass is 9.84. The zero-order chi connectivity index (χ0) is 33.4. The third kappa shape index (κ3) is 9.83. The molecule has 3 atom stereocenters. The van der Waals surface area contributed by atoms with Gasteiger partial charge in [0.15, 0.2) is 5.78 Å². The van der Waals surface area contributed by atoms with Crippen LogP contribution in [-0.2, 0) is 29.9 Å². The summed E-state index contributed by atoms with van der Waals surface area (Å²) < 4.78 is 75.0. The Balaban J connectivity index is 2.44. The van der Waals surface area contributed by atoms with Crippen molar-refractivity contribution >= 4 is 40.8 Å². The van der Waals surface area contributed by atoms with Crippen molar-refractivity contribution in [2.45, 2.75) is 57.7 Å². The number of hydrogen-bond acceptors (Lipinski definition) is 6. The van der Waals surface area contributed by atoms with Crippen LogP contribution in [0.25, 0.3) is 0 Å². The highest BCUT2D eigenvalue weighted by molar-refractivity contribution is 6.30. The number of primary amides is 1. The Labute approximate surface area is 255 Å². The van der Waals surface area contributed by atoms with E-state index in [0.29, 0.717) is 5.75 Å². The van der Waals surface area contributed by atoms with Gasteiger partial charge in [0, 0.05) is 41.7 Å². The van der Waals surface area contributed by atoms with Gasteiger partial charge in [-0.2, -0.15) is 22.0 Å². The Morgan fingerprint density at radius 1 is 0.955 bits per heavy atom. The van der Waals surface area contributed by atoms with Gasteiger partial charge in [0.2, 0.25) is 23.4 Å². The zero-order valence-electron chi connectivity index (χ0n) is 24.1. The Bertz CT molecular complexity index is 1360. The summed E-state index contributed by atoms with van der Waals surface area (Å²) in [4.78, 5) is 63.2. The second kappa shape index (κ2) is 15.2. The van der Waals surface area contributed by atoms with Gasteiger partial charge in [-0.15, -0.1) is 0 Å². The van der Waals surface area contributed by atoms with Crippen LogP contribution >= 0.6 is 11.6 Å². The first-order valence-corrected chi connectivity index (χ1v) is 13.8. The average molecular weight is 647 g/mol. The lowest BCUT2D eigenvalue weighted by Crippen LogP contribution is -2.42. The van der Waals surface area contributed by atoms with Crippen LogP contribution in [0.3, 0.4) is 0 Å². The molecule has 0 fully saturated rings. The first kappa shape index (κ1) is 36.3. The van der Waals surface area contributed by atoms with Crippen LogP contribution in [0.1, 0.15) is 56.7 Å². The molecule has 0 aliphatic rings. The number of amides is 2. The highest BCUT2D eigenvalue weighted by Crippen LogP contribution is 2.34. The first-order valence-electron chi connectivity index (χ1n) is 13.4. The minimum atomic E-state index is -5.22. The number of carbonyl (C=O) groups excluding carboxylic acids is 5. The summed E-state index contributed by atoms with van der Waals surface area (Å²) in [5.41, 5.74) is 4.52. The summed E-state index contributed by atoms with van der Waals surface area (Å²) in [6.07, 6.45) is -8.15. The number of hydrogen-bond donors (Lipinski definition) is 2. The summed E-state index contributed by atoms with van der Waals surface area (Å²) in [5, 5.41) is 2.26. The predicted octanol–water partition coefficient (Wildman–Crippen LogP) is 5.50. The third-order valence-corrected chi connectivity index (χ3v) is 7.21. The maximum Gasteiger partial charge on any atom is 0.450 e. The van der Waals surface area contributed by atoms with Gasteiger partial charge in [0.05, 0.1) is 7.11 Å². The quantitative estimate of drug-likeness (QED) is 0.232. The van der Waals surface area contributed by atoms with Crippen LogP contribution in [-0.4, -0.2) is 42.5 Å². The standard InChI is InChI=1S/C30H32ClF5N2O6/c1-16(2)22(27(42)30(34,35)36)15-23(39)26(17-7-10-21(44-3)11-8-17)38-28(43)18(9-12-25(37)41)13-24(40)29(32,33)19-5-4-6-20(31)14-19/h4-8,10-11,14,16,18,22,26H,9,12-13,15H2,1-3H3,(H2,37,41)(H,38,43)/t18-,22+,26+/m1/s1. The van der Waals surface area contributed by atoms with Gasteiger partial charge in [-0.3, -0.25) is 24.0 Å². The summed E-state index contributed by atoms with van der Waals surface area (Å²) in [7, 11) is 1.36. The Kier molecular flexibility index (Phi) is 12.6. The van der Waals surface area contributed by atoms with E-state index in [1.54, 1.807) is 0 Å². The molecule has 0 saturated carbocycles. The molecule has 0 heterocycles. The topological polar surface area (TPSA) is 133 Å². The molecule has 0 spiro atoms. The lowest BCUT2D eigenvalue weighted by molar-refractivity contribution is -0.177. The van der Waals surface area contributed by atoms with Crippen molar-refractivity contribution < 1.29 is 50.7 Å². The first-order chi connectivity index (χ1) is 20.4. The molecule has 0 aliphatic heterocycles. The van der Waals surface area contributed by atoms with E-state index in [2.05, 4.69) is 5.32 Å². The van der Waals surface area contributed by atoms with E-state index in [4.69, 9.17) is 22.1 Å². The van der Waals surface area contributed by atoms with Crippen molar-refractivity contribution in [2.75, 3.05) is 7.11 Å². The summed E-state index contributed by atoms with van der Waals surface area (Å²) >= 11 is 5.78. The molecule has 3 N–H and O–H groups in total. The Morgan fingerprint density at radius 2 is 1.57 bits per heavy atom. The number of benzene rings is 2. The van der Waals surface area contributed by atoms with E-state index < -0.39 is 96.3 Å². The number of methoxy groups -OCH3 is 1. The molecule has 2 rings (SSSR count). The maximum absolute atomic E-state index is 15.0. The van der Waals surface area contributed by atoms with Crippen LogP contribution in [0.4, 0.5) is 22.0 Å². The molecule has 2 amide bonds. The number of Topliss-reactive ketones (excluding diaryl/α,β-unsaturated/α-hetero) is 3. The maximum atomic E-state index is 15.0. The van der Waals surface area contributed by atoms with Gasteiger partial charge in [0.25, 0.3) is 0 Å².